The van der Waals surface area contributed by atoms with E-state index in [4.69, 9.17) is 4.74 Å². The Kier molecular flexibility index (Phi) is 6.47. The minimum Gasteiger partial charge on any atom is -0.493 e. The van der Waals surface area contributed by atoms with Crippen LogP contribution in [-0.2, 0) is 9.59 Å². The summed E-state index contributed by atoms with van der Waals surface area (Å²) in [6, 6.07) is 17.6. The highest BCUT2D eigenvalue weighted by Crippen LogP contribution is 2.22. The fourth-order valence-electron chi connectivity index (χ4n) is 4.09. The monoisotopic (exact) mass is 404 g/mol. The molecule has 5 heteroatoms. The van der Waals surface area contributed by atoms with E-state index in [2.05, 4.69) is 0 Å². The van der Waals surface area contributed by atoms with Gasteiger partial charge >= 0.3 is 0 Å². The van der Waals surface area contributed by atoms with Crippen molar-refractivity contribution in [3.05, 3.63) is 66.2 Å². The van der Waals surface area contributed by atoms with Crippen LogP contribution < -0.4 is 9.64 Å². The summed E-state index contributed by atoms with van der Waals surface area (Å²) in [6.07, 6.45) is 7.13. The number of carbonyl (C=O) groups is 2. The minimum absolute atomic E-state index is 0.0400. The fraction of sp³-hybridized carbons (Fsp3) is 0.360. The second kappa shape index (κ2) is 9.61. The van der Waals surface area contributed by atoms with Gasteiger partial charge in [0.25, 0.3) is 0 Å². The SMILES string of the molecule is O=C(/C=C/c1ccc(N2CCCC2=O)cc1)N1CCCC(COc2ccccc2)C1. The maximum absolute atomic E-state index is 12.7. The first kappa shape index (κ1) is 20.2. The van der Waals surface area contributed by atoms with Gasteiger partial charge in [0.05, 0.1) is 6.61 Å². The molecule has 2 heterocycles. The van der Waals surface area contributed by atoms with Gasteiger partial charge in [0, 0.05) is 43.7 Å². The first-order valence-electron chi connectivity index (χ1n) is 10.7. The number of anilines is 1. The van der Waals surface area contributed by atoms with Gasteiger partial charge in [0.2, 0.25) is 11.8 Å². The van der Waals surface area contributed by atoms with Crippen LogP contribution in [0.5, 0.6) is 5.75 Å². The Morgan fingerprint density at radius 1 is 1.03 bits per heavy atom. The van der Waals surface area contributed by atoms with Gasteiger partial charge in [-0.2, -0.15) is 0 Å². The molecule has 1 atom stereocenters. The Morgan fingerprint density at radius 2 is 1.83 bits per heavy atom. The molecule has 0 aromatic heterocycles. The Bertz CT molecular complexity index is 892. The Morgan fingerprint density at radius 3 is 2.57 bits per heavy atom. The average molecular weight is 405 g/mol. The third kappa shape index (κ3) is 5.09. The predicted molar refractivity (Wildman–Crippen MR) is 118 cm³/mol. The van der Waals surface area contributed by atoms with Crippen molar-refractivity contribution in [3.8, 4) is 5.75 Å². The fourth-order valence-corrected chi connectivity index (χ4v) is 4.09. The second-order valence-corrected chi connectivity index (χ2v) is 7.99. The van der Waals surface area contributed by atoms with Crippen molar-refractivity contribution in [3.63, 3.8) is 0 Å². The number of nitrogens with zero attached hydrogens (tertiary/aromatic N) is 2. The molecule has 2 saturated heterocycles. The summed E-state index contributed by atoms with van der Waals surface area (Å²) in [6.45, 7) is 2.94. The van der Waals surface area contributed by atoms with Crippen molar-refractivity contribution in [2.75, 3.05) is 31.1 Å². The van der Waals surface area contributed by atoms with E-state index in [1.54, 1.807) is 6.08 Å². The molecular formula is C25H28N2O3. The first-order chi connectivity index (χ1) is 14.7. The first-order valence-corrected chi connectivity index (χ1v) is 10.7. The summed E-state index contributed by atoms with van der Waals surface area (Å²) in [5.41, 5.74) is 1.89. The molecule has 0 spiro atoms. The number of hydrogen-bond acceptors (Lipinski definition) is 3. The number of hydrogen-bond donors (Lipinski definition) is 0. The summed E-state index contributed by atoms with van der Waals surface area (Å²) in [5, 5.41) is 0. The summed E-state index contributed by atoms with van der Waals surface area (Å²) < 4.78 is 5.88. The lowest BCUT2D eigenvalue weighted by atomic mass is 9.99. The Balaban J connectivity index is 1.29. The van der Waals surface area contributed by atoms with Gasteiger partial charge in [-0.05, 0) is 55.2 Å². The molecule has 5 nitrogen and oxygen atoms in total. The predicted octanol–water partition coefficient (Wildman–Crippen LogP) is 4.14. The highest BCUT2D eigenvalue weighted by Gasteiger charge is 2.23. The molecule has 0 aliphatic carbocycles. The van der Waals surface area contributed by atoms with Crippen molar-refractivity contribution < 1.29 is 14.3 Å². The van der Waals surface area contributed by atoms with Gasteiger partial charge in [-0.25, -0.2) is 0 Å². The van der Waals surface area contributed by atoms with Gasteiger partial charge in [-0.15, -0.1) is 0 Å². The molecule has 0 N–H and O–H groups in total. The lowest BCUT2D eigenvalue weighted by Gasteiger charge is -2.32. The molecule has 2 amide bonds. The number of para-hydroxylation sites is 1. The zero-order chi connectivity index (χ0) is 20.8. The van der Waals surface area contributed by atoms with E-state index >= 15 is 0 Å². The van der Waals surface area contributed by atoms with E-state index in [9.17, 15) is 9.59 Å². The van der Waals surface area contributed by atoms with Crippen LogP contribution >= 0.6 is 0 Å². The molecule has 2 aromatic carbocycles. The summed E-state index contributed by atoms with van der Waals surface area (Å²) >= 11 is 0. The molecule has 2 fully saturated rings. The summed E-state index contributed by atoms with van der Waals surface area (Å²) in [4.78, 5) is 28.2. The van der Waals surface area contributed by atoms with E-state index in [0.29, 0.717) is 18.9 Å². The Labute approximate surface area is 177 Å². The van der Waals surface area contributed by atoms with Gasteiger partial charge in [-0.1, -0.05) is 30.3 Å². The average Bonchev–Trinajstić information content (AvgIpc) is 3.23. The second-order valence-electron chi connectivity index (χ2n) is 7.99. The molecule has 0 bridgehead atoms. The molecule has 0 saturated carbocycles. The minimum atomic E-state index is 0.0400. The van der Waals surface area contributed by atoms with Crippen LogP contribution in [0.15, 0.2) is 60.7 Å². The zero-order valence-electron chi connectivity index (χ0n) is 17.2. The number of amides is 2. The highest BCUT2D eigenvalue weighted by atomic mass is 16.5. The van der Waals surface area contributed by atoms with Crippen molar-refractivity contribution in [2.24, 2.45) is 5.92 Å². The van der Waals surface area contributed by atoms with E-state index in [0.717, 1.165) is 55.9 Å². The number of piperidine rings is 1. The van der Waals surface area contributed by atoms with Crippen LogP contribution in [0, 0.1) is 5.92 Å². The molecule has 2 aliphatic rings. The molecule has 156 valence electrons. The van der Waals surface area contributed by atoms with Crippen molar-refractivity contribution in [2.45, 2.75) is 25.7 Å². The lowest BCUT2D eigenvalue weighted by Crippen LogP contribution is -2.40. The van der Waals surface area contributed by atoms with E-state index < -0.39 is 0 Å². The van der Waals surface area contributed by atoms with Crippen LogP contribution in [-0.4, -0.2) is 43.0 Å². The number of ether oxygens (including phenoxy) is 1. The number of carbonyl (C=O) groups excluding carboxylic acids is 2. The number of rotatable bonds is 6. The van der Waals surface area contributed by atoms with Gasteiger partial charge in [0.15, 0.2) is 0 Å². The van der Waals surface area contributed by atoms with Crippen LogP contribution in [0.3, 0.4) is 0 Å². The summed E-state index contributed by atoms with van der Waals surface area (Å²) in [5.74, 6) is 1.45. The van der Waals surface area contributed by atoms with Crippen molar-refractivity contribution in [1.82, 2.24) is 4.90 Å². The maximum atomic E-state index is 12.7. The number of likely N-dealkylation sites (tertiary alicyclic amines) is 1. The topological polar surface area (TPSA) is 49.9 Å². The Hall–Kier alpha value is -3.08. The molecule has 2 aromatic rings. The largest absolute Gasteiger partial charge is 0.493 e. The van der Waals surface area contributed by atoms with E-state index in [1.165, 1.54) is 0 Å². The van der Waals surface area contributed by atoms with Crippen molar-refractivity contribution >= 4 is 23.6 Å². The maximum Gasteiger partial charge on any atom is 0.246 e. The molecular weight excluding hydrogens is 376 g/mol. The molecule has 30 heavy (non-hydrogen) atoms. The third-order valence-electron chi connectivity index (χ3n) is 5.76. The van der Waals surface area contributed by atoms with Crippen LogP contribution in [0.2, 0.25) is 0 Å². The van der Waals surface area contributed by atoms with Gasteiger partial charge in [0.1, 0.15) is 5.75 Å². The summed E-state index contributed by atoms with van der Waals surface area (Å²) in [7, 11) is 0. The molecule has 2 aliphatic heterocycles. The number of benzene rings is 2. The van der Waals surface area contributed by atoms with Crippen LogP contribution in [0.1, 0.15) is 31.2 Å². The normalized spacial score (nSPS) is 19.5. The molecule has 1 unspecified atom stereocenters. The van der Waals surface area contributed by atoms with Crippen molar-refractivity contribution in [1.29, 1.82) is 0 Å². The quantitative estimate of drug-likeness (QED) is 0.680. The van der Waals surface area contributed by atoms with Gasteiger partial charge in [-0.3, -0.25) is 9.59 Å². The molecule has 4 rings (SSSR count). The third-order valence-corrected chi connectivity index (χ3v) is 5.76. The highest BCUT2D eigenvalue weighted by molar-refractivity contribution is 5.95. The molecule has 0 radical (unpaired) electrons. The van der Waals surface area contributed by atoms with Gasteiger partial charge < -0.3 is 14.5 Å². The lowest BCUT2D eigenvalue weighted by molar-refractivity contribution is -0.127. The standard InChI is InChI=1S/C25H28N2O3/c28-24(15-12-20-10-13-22(14-11-20)27-17-5-9-25(27)29)26-16-4-6-21(18-26)19-30-23-7-2-1-3-8-23/h1-3,7-8,10-15,21H,4-6,9,16-19H2/b15-12+. The van der Waals surface area contributed by atoms with Crippen LogP contribution in [0.25, 0.3) is 6.08 Å². The van der Waals surface area contributed by atoms with E-state index in [-0.39, 0.29) is 11.8 Å². The van der Waals surface area contributed by atoms with Crippen LogP contribution in [0.4, 0.5) is 5.69 Å². The smallest absolute Gasteiger partial charge is 0.246 e. The zero-order valence-corrected chi connectivity index (χ0v) is 17.2. The van der Waals surface area contributed by atoms with E-state index in [1.807, 2.05) is 70.5 Å².